The molecule has 0 atom stereocenters. The standard InChI is InChI=1S/C18H24N4O2S/c1-9-13-10(2)20-15(11-6-7-11)21-17(13)25-14(9)16(24)19-8-12(23)22-18(3,4)5/h11H,6-8H2,1-5H3,(H,19,24)(H,22,23). The van der Waals surface area contributed by atoms with Crippen LogP contribution in [0.2, 0.25) is 0 Å². The molecule has 2 aromatic rings. The number of nitrogens with zero attached hydrogens (tertiary/aromatic N) is 2. The molecule has 7 heteroatoms. The number of thiophene rings is 1. The lowest BCUT2D eigenvalue weighted by Gasteiger charge is -2.20. The predicted octanol–water partition coefficient (Wildman–Crippen LogP) is 2.83. The van der Waals surface area contributed by atoms with Crippen LogP contribution in [0.3, 0.4) is 0 Å². The predicted molar refractivity (Wildman–Crippen MR) is 99.1 cm³/mol. The number of hydrogen-bond donors (Lipinski definition) is 2. The van der Waals surface area contributed by atoms with Crippen LogP contribution in [0.5, 0.6) is 0 Å². The molecule has 0 unspecified atom stereocenters. The van der Waals surface area contributed by atoms with E-state index in [9.17, 15) is 9.59 Å². The van der Waals surface area contributed by atoms with E-state index in [4.69, 9.17) is 0 Å². The lowest BCUT2D eigenvalue weighted by molar-refractivity contribution is -0.121. The monoisotopic (exact) mass is 360 g/mol. The minimum absolute atomic E-state index is 0.0399. The molecule has 0 radical (unpaired) electrons. The van der Waals surface area contributed by atoms with Gasteiger partial charge < -0.3 is 10.6 Å². The highest BCUT2D eigenvalue weighted by Crippen LogP contribution is 2.40. The molecule has 25 heavy (non-hydrogen) atoms. The average Bonchev–Trinajstić information content (AvgIpc) is 3.27. The minimum atomic E-state index is -0.318. The molecule has 6 nitrogen and oxygen atoms in total. The first-order chi connectivity index (χ1) is 11.7. The van der Waals surface area contributed by atoms with Crippen LogP contribution in [0.25, 0.3) is 10.2 Å². The van der Waals surface area contributed by atoms with E-state index in [1.54, 1.807) is 0 Å². The van der Waals surface area contributed by atoms with E-state index in [1.165, 1.54) is 11.3 Å². The largest absolute Gasteiger partial charge is 0.350 e. The molecule has 0 aliphatic heterocycles. The van der Waals surface area contributed by atoms with Crippen LogP contribution in [0.15, 0.2) is 0 Å². The minimum Gasteiger partial charge on any atom is -0.350 e. The molecular weight excluding hydrogens is 336 g/mol. The molecule has 3 rings (SSSR count). The van der Waals surface area contributed by atoms with E-state index in [0.717, 1.165) is 40.1 Å². The molecule has 134 valence electrons. The van der Waals surface area contributed by atoms with E-state index >= 15 is 0 Å². The molecule has 1 aliphatic rings. The van der Waals surface area contributed by atoms with Crippen LogP contribution < -0.4 is 10.6 Å². The van der Waals surface area contributed by atoms with Crippen molar-refractivity contribution in [3.8, 4) is 0 Å². The summed E-state index contributed by atoms with van der Waals surface area (Å²) in [5, 5.41) is 6.49. The fraction of sp³-hybridized carbons (Fsp3) is 0.556. The van der Waals surface area contributed by atoms with Gasteiger partial charge >= 0.3 is 0 Å². The SMILES string of the molecule is Cc1nc(C2CC2)nc2sc(C(=O)NCC(=O)NC(C)(C)C)c(C)c12. The number of carbonyl (C=O) groups excluding carboxylic acids is 2. The van der Waals surface area contributed by atoms with Crippen molar-refractivity contribution in [3.63, 3.8) is 0 Å². The fourth-order valence-corrected chi connectivity index (χ4v) is 3.96. The van der Waals surface area contributed by atoms with E-state index < -0.39 is 0 Å². The molecule has 2 amide bonds. The summed E-state index contributed by atoms with van der Waals surface area (Å²) in [7, 11) is 0. The first kappa shape index (κ1) is 17.8. The smallest absolute Gasteiger partial charge is 0.262 e. The van der Waals surface area contributed by atoms with Crippen LogP contribution in [-0.2, 0) is 4.79 Å². The summed E-state index contributed by atoms with van der Waals surface area (Å²) in [5.41, 5.74) is 1.49. The van der Waals surface area contributed by atoms with E-state index in [2.05, 4.69) is 20.6 Å². The van der Waals surface area contributed by atoms with Crippen LogP contribution in [0, 0.1) is 13.8 Å². The summed E-state index contributed by atoms with van der Waals surface area (Å²) in [6.07, 6.45) is 2.29. The molecule has 1 fully saturated rings. The molecule has 0 spiro atoms. The van der Waals surface area contributed by atoms with Gasteiger partial charge in [0.2, 0.25) is 5.91 Å². The van der Waals surface area contributed by atoms with Gasteiger partial charge in [-0.2, -0.15) is 0 Å². The highest BCUT2D eigenvalue weighted by atomic mass is 32.1. The van der Waals surface area contributed by atoms with Crippen molar-refractivity contribution in [2.75, 3.05) is 6.54 Å². The van der Waals surface area contributed by atoms with Gasteiger partial charge in [-0.25, -0.2) is 9.97 Å². The average molecular weight is 360 g/mol. The molecule has 2 N–H and O–H groups in total. The molecule has 2 heterocycles. The van der Waals surface area contributed by atoms with Gasteiger partial charge in [0.1, 0.15) is 10.7 Å². The second-order valence-corrected chi connectivity index (χ2v) is 8.66. The third kappa shape index (κ3) is 3.98. The summed E-state index contributed by atoms with van der Waals surface area (Å²) in [5.74, 6) is 0.926. The summed E-state index contributed by atoms with van der Waals surface area (Å²) < 4.78 is 0. The van der Waals surface area contributed by atoms with Gasteiger partial charge in [-0.05, 0) is 53.0 Å². The number of fused-ring (bicyclic) bond motifs is 1. The van der Waals surface area contributed by atoms with Crippen molar-refractivity contribution < 1.29 is 9.59 Å². The maximum absolute atomic E-state index is 12.5. The Morgan fingerprint density at radius 3 is 2.48 bits per heavy atom. The Kier molecular flexibility index (Phi) is 4.53. The Hall–Kier alpha value is -2.02. The fourth-order valence-electron chi connectivity index (χ4n) is 2.80. The quantitative estimate of drug-likeness (QED) is 0.878. The van der Waals surface area contributed by atoms with E-state index in [1.807, 2.05) is 34.6 Å². The van der Waals surface area contributed by atoms with Gasteiger partial charge in [0.05, 0.1) is 17.1 Å². The van der Waals surface area contributed by atoms with Crippen molar-refractivity contribution >= 4 is 33.4 Å². The summed E-state index contributed by atoms with van der Waals surface area (Å²) >= 11 is 1.38. The Labute approximate surface area is 151 Å². The van der Waals surface area contributed by atoms with Crippen molar-refractivity contribution in [1.29, 1.82) is 0 Å². The topological polar surface area (TPSA) is 84.0 Å². The molecule has 2 aromatic heterocycles. The lowest BCUT2D eigenvalue weighted by Crippen LogP contribution is -2.45. The van der Waals surface area contributed by atoms with Crippen LogP contribution >= 0.6 is 11.3 Å². The molecule has 1 aliphatic carbocycles. The Bertz CT molecular complexity index is 847. The number of carbonyl (C=O) groups is 2. The second-order valence-electron chi connectivity index (χ2n) is 7.66. The maximum atomic E-state index is 12.5. The first-order valence-corrected chi connectivity index (χ1v) is 9.34. The number of amides is 2. The molecule has 1 saturated carbocycles. The number of rotatable bonds is 4. The van der Waals surface area contributed by atoms with Crippen molar-refractivity contribution in [1.82, 2.24) is 20.6 Å². The number of hydrogen-bond acceptors (Lipinski definition) is 5. The van der Waals surface area contributed by atoms with E-state index in [0.29, 0.717) is 10.8 Å². The lowest BCUT2D eigenvalue weighted by atomic mass is 10.1. The highest BCUT2D eigenvalue weighted by Gasteiger charge is 2.28. The Balaban J connectivity index is 1.78. The summed E-state index contributed by atoms with van der Waals surface area (Å²) in [6, 6.07) is 0. The van der Waals surface area contributed by atoms with Crippen molar-refractivity contribution in [2.24, 2.45) is 0 Å². The Morgan fingerprint density at radius 1 is 1.20 bits per heavy atom. The molecule has 0 bridgehead atoms. The number of aromatic nitrogens is 2. The van der Waals surface area contributed by atoms with Crippen molar-refractivity contribution in [3.05, 3.63) is 22.0 Å². The zero-order chi connectivity index (χ0) is 18.4. The van der Waals surface area contributed by atoms with E-state index in [-0.39, 0.29) is 23.9 Å². The second kappa shape index (κ2) is 6.37. The third-order valence-electron chi connectivity index (χ3n) is 4.06. The Morgan fingerprint density at radius 2 is 1.88 bits per heavy atom. The number of aryl methyl sites for hydroxylation is 2. The molecule has 0 aromatic carbocycles. The summed E-state index contributed by atoms with van der Waals surface area (Å²) in [4.78, 5) is 35.1. The van der Waals surface area contributed by atoms with Crippen LogP contribution in [0.4, 0.5) is 0 Å². The zero-order valence-corrected chi connectivity index (χ0v) is 16.1. The first-order valence-electron chi connectivity index (χ1n) is 8.52. The highest BCUT2D eigenvalue weighted by molar-refractivity contribution is 7.20. The molecule has 0 saturated heterocycles. The van der Waals surface area contributed by atoms with Crippen LogP contribution in [-0.4, -0.2) is 33.9 Å². The third-order valence-corrected chi connectivity index (χ3v) is 5.25. The maximum Gasteiger partial charge on any atom is 0.262 e. The summed E-state index contributed by atoms with van der Waals surface area (Å²) in [6.45, 7) is 9.55. The van der Waals surface area contributed by atoms with Gasteiger partial charge in [0.15, 0.2) is 0 Å². The van der Waals surface area contributed by atoms with Crippen LogP contribution in [0.1, 0.15) is 66.3 Å². The van der Waals surface area contributed by atoms with Gasteiger partial charge in [0, 0.05) is 16.8 Å². The van der Waals surface area contributed by atoms with Gasteiger partial charge in [-0.15, -0.1) is 11.3 Å². The van der Waals surface area contributed by atoms with Gasteiger partial charge in [-0.3, -0.25) is 9.59 Å². The zero-order valence-electron chi connectivity index (χ0n) is 15.3. The normalized spacial score (nSPS) is 14.6. The van der Waals surface area contributed by atoms with Gasteiger partial charge in [-0.1, -0.05) is 0 Å². The molecular formula is C18H24N4O2S. The van der Waals surface area contributed by atoms with Gasteiger partial charge in [0.25, 0.3) is 5.91 Å². The number of nitrogens with one attached hydrogen (secondary N) is 2. The van der Waals surface area contributed by atoms with Crippen molar-refractivity contribution in [2.45, 2.75) is 58.9 Å².